The van der Waals surface area contributed by atoms with Gasteiger partial charge in [0.25, 0.3) is 0 Å². The van der Waals surface area contributed by atoms with Gasteiger partial charge in [0.15, 0.2) is 0 Å². The Bertz CT molecular complexity index is 210. The molecular formula is C13H25NO2. The molecule has 3 nitrogen and oxygen atoms in total. The minimum absolute atomic E-state index is 0.180. The van der Waals surface area contributed by atoms with E-state index < -0.39 is 0 Å². The van der Waals surface area contributed by atoms with E-state index in [9.17, 15) is 4.79 Å². The van der Waals surface area contributed by atoms with E-state index in [1.165, 1.54) is 6.42 Å². The van der Waals surface area contributed by atoms with E-state index in [-0.39, 0.29) is 12.5 Å². The summed E-state index contributed by atoms with van der Waals surface area (Å²) < 4.78 is 0. The molecule has 0 bridgehead atoms. The smallest absolute Gasteiger partial charge is 0.225 e. The second kappa shape index (κ2) is 6.89. The molecule has 0 aromatic carbocycles. The summed E-state index contributed by atoms with van der Waals surface area (Å²) in [4.78, 5) is 14.3. The summed E-state index contributed by atoms with van der Waals surface area (Å²) in [6, 6.07) is 0.458. The lowest BCUT2D eigenvalue weighted by molar-refractivity contribution is -0.140. The molecular weight excluding hydrogens is 202 g/mol. The average molecular weight is 227 g/mol. The van der Waals surface area contributed by atoms with Crippen LogP contribution >= 0.6 is 0 Å². The van der Waals surface area contributed by atoms with E-state index in [0.29, 0.717) is 18.4 Å². The number of carbonyl (C=O) groups excluding carboxylic acids is 1. The first-order valence-corrected chi connectivity index (χ1v) is 6.65. The van der Waals surface area contributed by atoms with Crippen molar-refractivity contribution in [3.05, 3.63) is 0 Å². The molecule has 0 heterocycles. The number of carbonyl (C=O) groups is 1. The number of hydrogen-bond acceptors (Lipinski definition) is 2. The van der Waals surface area contributed by atoms with Gasteiger partial charge < -0.3 is 10.0 Å². The van der Waals surface area contributed by atoms with E-state index in [4.69, 9.17) is 5.11 Å². The van der Waals surface area contributed by atoms with Crippen molar-refractivity contribution in [2.24, 2.45) is 5.92 Å². The SMILES string of the molecule is CCC(CC)C(=O)N(CCCO)C1CCC1. The first-order valence-electron chi connectivity index (χ1n) is 6.65. The van der Waals surface area contributed by atoms with Gasteiger partial charge in [-0.05, 0) is 38.5 Å². The van der Waals surface area contributed by atoms with E-state index >= 15 is 0 Å². The molecule has 1 fully saturated rings. The minimum atomic E-state index is 0.180. The Morgan fingerprint density at radius 1 is 1.38 bits per heavy atom. The van der Waals surface area contributed by atoms with Crippen LogP contribution in [0.2, 0.25) is 0 Å². The van der Waals surface area contributed by atoms with Crippen LogP contribution in [0.3, 0.4) is 0 Å². The summed E-state index contributed by atoms with van der Waals surface area (Å²) in [7, 11) is 0. The zero-order valence-corrected chi connectivity index (χ0v) is 10.6. The maximum Gasteiger partial charge on any atom is 0.225 e. The number of nitrogens with zero attached hydrogens (tertiary/aromatic N) is 1. The van der Waals surface area contributed by atoms with E-state index in [1.807, 2.05) is 4.90 Å². The van der Waals surface area contributed by atoms with Gasteiger partial charge in [-0.15, -0.1) is 0 Å². The zero-order chi connectivity index (χ0) is 12.0. The Balaban J connectivity index is 2.55. The highest BCUT2D eigenvalue weighted by molar-refractivity contribution is 5.79. The van der Waals surface area contributed by atoms with Crippen molar-refractivity contribution in [1.29, 1.82) is 0 Å². The predicted molar refractivity (Wildman–Crippen MR) is 65.1 cm³/mol. The lowest BCUT2D eigenvalue weighted by Gasteiger charge is -2.39. The van der Waals surface area contributed by atoms with Gasteiger partial charge in [0.1, 0.15) is 0 Å². The van der Waals surface area contributed by atoms with Crippen LogP contribution in [0.15, 0.2) is 0 Å². The van der Waals surface area contributed by atoms with Crippen molar-refractivity contribution in [1.82, 2.24) is 4.90 Å². The lowest BCUT2D eigenvalue weighted by Crippen LogP contribution is -2.47. The molecule has 0 aromatic heterocycles. The fraction of sp³-hybridized carbons (Fsp3) is 0.923. The third-order valence-corrected chi connectivity index (χ3v) is 3.69. The molecule has 1 saturated carbocycles. The Hall–Kier alpha value is -0.570. The van der Waals surface area contributed by atoms with Crippen molar-refractivity contribution in [2.45, 2.75) is 58.4 Å². The van der Waals surface area contributed by atoms with Crippen molar-refractivity contribution in [3.63, 3.8) is 0 Å². The number of aliphatic hydroxyl groups is 1. The molecule has 0 spiro atoms. The van der Waals surface area contributed by atoms with Gasteiger partial charge in [-0.1, -0.05) is 13.8 Å². The summed E-state index contributed by atoms with van der Waals surface area (Å²) in [5, 5.41) is 8.88. The number of rotatable bonds is 7. The molecule has 0 aromatic rings. The van der Waals surface area contributed by atoms with Crippen molar-refractivity contribution in [2.75, 3.05) is 13.2 Å². The Labute approximate surface area is 98.8 Å². The quantitative estimate of drug-likeness (QED) is 0.724. The van der Waals surface area contributed by atoms with Gasteiger partial charge >= 0.3 is 0 Å². The summed E-state index contributed by atoms with van der Waals surface area (Å²) in [6.45, 7) is 5.07. The van der Waals surface area contributed by atoms with E-state index in [1.54, 1.807) is 0 Å². The van der Waals surface area contributed by atoms with Crippen LogP contribution in [0, 0.1) is 5.92 Å². The molecule has 0 atom stereocenters. The van der Waals surface area contributed by atoms with Crippen LogP contribution in [0.1, 0.15) is 52.4 Å². The fourth-order valence-electron chi connectivity index (χ4n) is 2.28. The molecule has 1 aliphatic carbocycles. The molecule has 1 aliphatic rings. The Kier molecular flexibility index (Phi) is 5.81. The molecule has 0 radical (unpaired) electrons. The van der Waals surface area contributed by atoms with Gasteiger partial charge in [0.05, 0.1) is 0 Å². The molecule has 0 unspecified atom stereocenters. The third kappa shape index (κ3) is 3.21. The second-order valence-corrected chi connectivity index (χ2v) is 4.71. The summed E-state index contributed by atoms with van der Waals surface area (Å²) in [5.74, 6) is 0.488. The largest absolute Gasteiger partial charge is 0.396 e. The van der Waals surface area contributed by atoms with Crippen LogP contribution < -0.4 is 0 Å². The molecule has 1 N–H and O–H groups in total. The molecule has 1 amide bonds. The second-order valence-electron chi connectivity index (χ2n) is 4.71. The Morgan fingerprint density at radius 3 is 2.38 bits per heavy atom. The maximum absolute atomic E-state index is 12.3. The van der Waals surface area contributed by atoms with Crippen molar-refractivity contribution < 1.29 is 9.90 Å². The molecule has 3 heteroatoms. The van der Waals surface area contributed by atoms with Crippen LogP contribution in [-0.2, 0) is 4.79 Å². The predicted octanol–water partition coefficient (Wildman–Crippen LogP) is 2.19. The summed E-state index contributed by atoms with van der Waals surface area (Å²) in [5.41, 5.74) is 0. The fourth-order valence-corrected chi connectivity index (χ4v) is 2.28. The molecule has 0 aliphatic heterocycles. The number of aliphatic hydroxyl groups excluding tert-OH is 1. The van der Waals surface area contributed by atoms with Gasteiger partial charge in [-0.25, -0.2) is 0 Å². The Morgan fingerprint density at radius 2 is 2.00 bits per heavy atom. The van der Waals surface area contributed by atoms with E-state index in [0.717, 1.165) is 32.2 Å². The third-order valence-electron chi connectivity index (χ3n) is 3.69. The van der Waals surface area contributed by atoms with Crippen molar-refractivity contribution in [3.8, 4) is 0 Å². The van der Waals surface area contributed by atoms with Gasteiger partial charge in [-0.2, -0.15) is 0 Å². The standard InChI is InChI=1S/C13H25NO2/c1-3-11(4-2)13(16)14(9-6-10-15)12-7-5-8-12/h11-12,15H,3-10H2,1-2H3. The average Bonchev–Trinajstić information content (AvgIpc) is 2.22. The molecule has 0 saturated heterocycles. The van der Waals surface area contributed by atoms with Gasteiger partial charge in [0, 0.05) is 25.1 Å². The maximum atomic E-state index is 12.3. The van der Waals surface area contributed by atoms with Gasteiger partial charge in [-0.3, -0.25) is 4.79 Å². The highest BCUT2D eigenvalue weighted by Gasteiger charge is 2.30. The normalized spacial score (nSPS) is 16.2. The highest BCUT2D eigenvalue weighted by Crippen LogP contribution is 2.27. The van der Waals surface area contributed by atoms with Crippen LogP contribution in [-0.4, -0.2) is 35.1 Å². The molecule has 1 rings (SSSR count). The first-order chi connectivity index (χ1) is 7.74. The number of amides is 1. The zero-order valence-electron chi connectivity index (χ0n) is 10.6. The highest BCUT2D eigenvalue weighted by atomic mass is 16.3. The van der Waals surface area contributed by atoms with Crippen molar-refractivity contribution >= 4 is 5.91 Å². The molecule has 94 valence electrons. The minimum Gasteiger partial charge on any atom is -0.396 e. The van der Waals surface area contributed by atoms with Gasteiger partial charge in [0.2, 0.25) is 5.91 Å². The first kappa shape index (κ1) is 13.5. The van der Waals surface area contributed by atoms with E-state index in [2.05, 4.69) is 13.8 Å². The van der Waals surface area contributed by atoms with Crippen LogP contribution in [0.25, 0.3) is 0 Å². The lowest BCUT2D eigenvalue weighted by atomic mass is 9.89. The topological polar surface area (TPSA) is 40.5 Å². The molecule has 16 heavy (non-hydrogen) atoms. The monoisotopic (exact) mass is 227 g/mol. The summed E-state index contributed by atoms with van der Waals surface area (Å²) in [6.07, 6.45) is 6.11. The number of hydrogen-bond donors (Lipinski definition) is 1. The van der Waals surface area contributed by atoms with Crippen LogP contribution in [0.5, 0.6) is 0 Å². The van der Waals surface area contributed by atoms with Crippen LogP contribution in [0.4, 0.5) is 0 Å². The summed E-state index contributed by atoms with van der Waals surface area (Å²) >= 11 is 0.